The molecule has 0 bridgehead atoms. The van der Waals surface area contributed by atoms with Crippen molar-refractivity contribution in [3.63, 3.8) is 0 Å². The smallest absolute Gasteiger partial charge is 0.0110 e. The van der Waals surface area contributed by atoms with Crippen molar-refractivity contribution >= 4 is 0 Å². The van der Waals surface area contributed by atoms with E-state index in [0.717, 1.165) is 5.92 Å². The van der Waals surface area contributed by atoms with Crippen LogP contribution in [-0.2, 0) is 0 Å². The van der Waals surface area contributed by atoms with Gasteiger partial charge in [0.1, 0.15) is 0 Å². The lowest BCUT2D eigenvalue weighted by molar-refractivity contribution is 0.148. The van der Waals surface area contributed by atoms with E-state index in [-0.39, 0.29) is 0 Å². The van der Waals surface area contributed by atoms with Crippen LogP contribution in [-0.4, -0.2) is 99.1 Å². The van der Waals surface area contributed by atoms with E-state index in [9.17, 15) is 0 Å². The summed E-state index contributed by atoms with van der Waals surface area (Å²) >= 11 is 0. The topological polar surface area (TPSA) is 13.0 Å². The van der Waals surface area contributed by atoms with E-state index in [1.807, 2.05) is 0 Å². The normalized spacial score (nSPS) is 23.7. The zero-order valence-electron chi connectivity index (χ0n) is 14.4. The van der Waals surface area contributed by atoms with Gasteiger partial charge in [-0.1, -0.05) is 20.8 Å². The molecule has 0 saturated carbocycles. The average Bonchev–Trinajstić information content (AvgIpc) is 2.40. The molecule has 20 heavy (non-hydrogen) atoms. The van der Waals surface area contributed by atoms with Gasteiger partial charge in [-0.15, -0.1) is 0 Å². The van der Waals surface area contributed by atoms with Gasteiger partial charge in [0.05, 0.1) is 0 Å². The van der Waals surface area contributed by atoms with E-state index in [2.05, 4.69) is 54.5 Å². The zero-order valence-corrected chi connectivity index (χ0v) is 14.4. The molecule has 120 valence electrons. The van der Waals surface area contributed by atoms with Gasteiger partial charge in [0.25, 0.3) is 0 Å². The van der Waals surface area contributed by atoms with Gasteiger partial charge in [-0.25, -0.2) is 0 Å². The number of nitrogens with zero attached hydrogens (tertiary/aromatic N) is 4. The highest BCUT2D eigenvalue weighted by Crippen LogP contribution is 2.02. The van der Waals surface area contributed by atoms with Gasteiger partial charge in [-0.05, 0) is 26.6 Å². The Labute approximate surface area is 126 Å². The summed E-state index contributed by atoms with van der Waals surface area (Å²) in [5.41, 5.74) is 0. The summed E-state index contributed by atoms with van der Waals surface area (Å²) in [5, 5.41) is 0. The van der Waals surface area contributed by atoms with Crippen molar-refractivity contribution in [2.45, 2.75) is 20.8 Å². The van der Waals surface area contributed by atoms with Crippen LogP contribution in [0.3, 0.4) is 0 Å². The van der Waals surface area contributed by atoms with E-state index >= 15 is 0 Å². The SMILES string of the molecule is CCN1CCN(C)CCN(C)CCN(CC(C)C)CC1. The summed E-state index contributed by atoms with van der Waals surface area (Å²) in [4.78, 5) is 10.2. The minimum absolute atomic E-state index is 0.759. The molecular weight excluding hydrogens is 248 g/mol. The maximum atomic E-state index is 2.65. The second-order valence-corrected chi connectivity index (χ2v) is 6.74. The highest BCUT2D eigenvalue weighted by molar-refractivity contribution is 4.69. The first kappa shape index (κ1) is 17.9. The van der Waals surface area contributed by atoms with Crippen LogP contribution < -0.4 is 0 Å². The Kier molecular flexibility index (Phi) is 8.69. The molecule has 0 spiro atoms. The Hall–Kier alpha value is -0.160. The third-order valence-electron chi connectivity index (χ3n) is 4.26. The second-order valence-electron chi connectivity index (χ2n) is 6.74. The predicted octanol–water partition coefficient (Wildman–Crippen LogP) is 1.14. The molecule has 0 amide bonds. The van der Waals surface area contributed by atoms with E-state index in [4.69, 9.17) is 0 Å². The van der Waals surface area contributed by atoms with Gasteiger partial charge >= 0.3 is 0 Å². The van der Waals surface area contributed by atoms with E-state index in [0.29, 0.717) is 0 Å². The average molecular weight is 284 g/mol. The Bertz CT molecular complexity index is 245. The summed E-state index contributed by atoms with van der Waals surface area (Å²) < 4.78 is 0. The highest BCUT2D eigenvalue weighted by atomic mass is 15.2. The third kappa shape index (κ3) is 7.58. The molecular formula is C16H36N4. The molecule has 0 aromatic carbocycles. The molecule has 1 heterocycles. The number of rotatable bonds is 3. The van der Waals surface area contributed by atoms with Crippen molar-refractivity contribution in [1.29, 1.82) is 0 Å². The largest absolute Gasteiger partial charge is 0.304 e. The predicted molar refractivity (Wildman–Crippen MR) is 88.4 cm³/mol. The molecule has 4 nitrogen and oxygen atoms in total. The molecule has 0 atom stereocenters. The van der Waals surface area contributed by atoms with Gasteiger partial charge in [0, 0.05) is 58.9 Å². The second kappa shape index (κ2) is 9.72. The Balaban J connectivity index is 2.55. The van der Waals surface area contributed by atoms with Crippen LogP contribution in [0, 0.1) is 5.92 Å². The van der Waals surface area contributed by atoms with Gasteiger partial charge in [0.15, 0.2) is 0 Å². The maximum Gasteiger partial charge on any atom is 0.0110 e. The van der Waals surface area contributed by atoms with E-state index < -0.39 is 0 Å². The first-order chi connectivity index (χ1) is 9.51. The standard InChI is InChI=1S/C16H36N4/c1-6-19-11-9-17(4)7-8-18(5)10-12-20(14-13-19)15-16(2)3/h16H,6-15H2,1-5H3. The molecule has 0 aromatic rings. The van der Waals surface area contributed by atoms with Crippen molar-refractivity contribution < 1.29 is 0 Å². The first-order valence-corrected chi connectivity index (χ1v) is 8.33. The number of hydrogen-bond acceptors (Lipinski definition) is 4. The molecule has 1 aliphatic heterocycles. The quantitative estimate of drug-likeness (QED) is 0.770. The molecule has 1 saturated heterocycles. The lowest BCUT2D eigenvalue weighted by atomic mass is 10.2. The van der Waals surface area contributed by atoms with Gasteiger partial charge in [-0.3, -0.25) is 0 Å². The van der Waals surface area contributed by atoms with Crippen LogP contribution in [0.1, 0.15) is 20.8 Å². The summed E-state index contributed by atoms with van der Waals surface area (Å²) in [6.45, 7) is 18.9. The van der Waals surface area contributed by atoms with Gasteiger partial charge in [0.2, 0.25) is 0 Å². The summed E-state index contributed by atoms with van der Waals surface area (Å²) in [5.74, 6) is 0.759. The molecule has 0 N–H and O–H groups in total. The van der Waals surface area contributed by atoms with Crippen LogP contribution in [0.2, 0.25) is 0 Å². The molecule has 0 unspecified atom stereocenters. The molecule has 4 heteroatoms. The Morgan fingerprint density at radius 3 is 1.60 bits per heavy atom. The minimum Gasteiger partial charge on any atom is -0.304 e. The van der Waals surface area contributed by atoms with E-state index in [1.54, 1.807) is 0 Å². The van der Waals surface area contributed by atoms with Gasteiger partial charge < -0.3 is 19.6 Å². The minimum atomic E-state index is 0.759. The van der Waals surface area contributed by atoms with Crippen molar-refractivity contribution in [3.8, 4) is 0 Å². The van der Waals surface area contributed by atoms with Crippen molar-refractivity contribution in [2.24, 2.45) is 5.92 Å². The Morgan fingerprint density at radius 2 is 1.10 bits per heavy atom. The number of likely N-dealkylation sites (N-methyl/N-ethyl adjacent to an activating group) is 3. The lowest BCUT2D eigenvalue weighted by Crippen LogP contribution is -2.45. The summed E-state index contributed by atoms with van der Waals surface area (Å²) in [7, 11) is 4.50. The molecule has 0 radical (unpaired) electrons. The lowest BCUT2D eigenvalue weighted by Gasteiger charge is -2.32. The van der Waals surface area contributed by atoms with Crippen LogP contribution in [0.5, 0.6) is 0 Å². The monoisotopic (exact) mass is 284 g/mol. The highest BCUT2D eigenvalue weighted by Gasteiger charge is 2.13. The fourth-order valence-electron chi connectivity index (χ4n) is 2.71. The van der Waals surface area contributed by atoms with Gasteiger partial charge in [-0.2, -0.15) is 0 Å². The van der Waals surface area contributed by atoms with E-state index in [1.165, 1.54) is 65.4 Å². The van der Waals surface area contributed by atoms with Crippen molar-refractivity contribution in [3.05, 3.63) is 0 Å². The summed E-state index contributed by atoms with van der Waals surface area (Å²) in [6, 6.07) is 0. The molecule has 1 rings (SSSR count). The molecule has 0 aromatic heterocycles. The van der Waals surface area contributed by atoms with Crippen molar-refractivity contribution in [2.75, 3.05) is 79.5 Å². The Morgan fingerprint density at radius 1 is 0.700 bits per heavy atom. The molecule has 1 aliphatic rings. The zero-order chi connectivity index (χ0) is 15.0. The molecule has 0 aliphatic carbocycles. The fourth-order valence-corrected chi connectivity index (χ4v) is 2.71. The summed E-state index contributed by atoms with van der Waals surface area (Å²) in [6.07, 6.45) is 0. The van der Waals surface area contributed by atoms with Crippen LogP contribution in [0.25, 0.3) is 0 Å². The third-order valence-corrected chi connectivity index (χ3v) is 4.26. The molecule has 1 fully saturated rings. The van der Waals surface area contributed by atoms with Crippen molar-refractivity contribution in [1.82, 2.24) is 19.6 Å². The van der Waals surface area contributed by atoms with Crippen LogP contribution >= 0.6 is 0 Å². The number of hydrogen-bond donors (Lipinski definition) is 0. The maximum absolute atomic E-state index is 2.65. The van der Waals surface area contributed by atoms with Crippen LogP contribution in [0.4, 0.5) is 0 Å². The fraction of sp³-hybridized carbons (Fsp3) is 1.00. The first-order valence-electron chi connectivity index (χ1n) is 8.33. The van der Waals surface area contributed by atoms with Crippen LogP contribution in [0.15, 0.2) is 0 Å².